The van der Waals surface area contributed by atoms with Crippen LogP contribution in [0.4, 0.5) is 0 Å². The third-order valence-electron chi connectivity index (χ3n) is 2.80. The molecule has 3 N–H and O–H groups in total. The highest BCUT2D eigenvalue weighted by Gasteiger charge is 2.05. The van der Waals surface area contributed by atoms with E-state index in [0.29, 0.717) is 19.6 Å². The van der Waals surface area contributed by atoms with Crippen molar-refractivity contribution in [3.8, 4) is 0 Å². The molecular formula is C12H28N2O4. The molecule has 0 unspecified atom stereocenters. The van der Waals surface area contributed by atoms with Crippen LogP contribution in [-0.2, 0) is 4.74 Å². The van der Waals surface area contributed by atoms with E-state index in [-0.39, 0.29) is 19.8 Å². The standard InChI is InChI=1S/C6H15NO3.C6H13NO/c8-4-1-7(2-5-9)3-6-10;1-2-7-3-5-8-6-4-7/h8-10H,1-6H2;2-6H2,1H3. The van der Waals surface area contributed by atoms with Crippen molar-refractivity contribution in [2.75, 3.05) is 72.3 Å². The van der Waals surface area contributed by atoms with Gasteiger partial charge in [-0.3, -0.25) is 9.80 Å². The monoisotopic (exact) mass is 264 g/mol. The molecule has 1 heterocycles. The van der Waals surface area contributed by atoms with Crippen molar-refractivity contribution in [1.29, 1.82) is 0 Å². The fourth-order valence-corrected chi connectivity index (χ4v) is 1.68. The van der Waals surface area contributed by atoms with Crippen molar-refractivity contribution in [2.24, 2.45) is 0 Å². The minimum Gasteiger partial charge on any atom is -0.395 e. The van der Waals surface area contributed by atoms with Crippen LogP contribution in [0.3, 0.4) is 0 Å². The highest BCUT2D eigenvalue weighted by atomic mass is 16.5. The summed E-state index contributed by atoms with van der Waals surface area (Å²) in [6.07, 6.45) is 0. The Bertz CT molecular complexity index is 152. The maximum atomic E-state index is 8.48. The van der Waals surface area contributed by atoms with Crippen LogP contribution < -0.4 is 0 Å². The van der Waals surface area contributed by atoms with E-state index in [9.17, 15) is 0 Å². The van der Waals surface area contributed by atoms with Crippen LogP contribution in [-0.4, -0.2) is 97.4 Å². The molecule has 1 rings (SSSR count). The first-order valence-corrected chi connectivity index (χ1v) is 6.63. The largest absolute Gasteiger partial charge is 0.395 e. The number of morpholine rings is 1. The Morgan fingerprint density at radius 3 is 1.67 bits per heavy atom. The number of hydrogen-bond acceptors (Lipinski definition) is 6. The second kappa shape index (κ2) is 13.2. The molecule has 110 valence electrons. The Balaban J connectivity index is 0.000000327. The van der Waals surface area contributed by atoms with Gasteiger partial charge in [0.05, 0.1) is 33.0 Å². The van der Waals surface area contributed by atoms with Crippen LogP contribution in [0, 0.1) is 0 Å². The Morgan fingerprint density at radius 2 is 1.39 bits per heavy atom. The summed E-state index contributed by atoms with van der Waals surface area (Å²) in [7, 11) is 0. The van der Waals surface area contributed by atoms with Crippen molar-refractivity contribution in [3.63, 3.8) is 0 Å². The van der Waals surface area contributed by atoms with Crippen LogP contribution in [0.25, 0.3) is 0 Å². The molecule has 0 atom stereocenters. The summed E-state index contributed by atoms with van der Waals surface area (Å²) in [6, 6.07) is 0. The number of nitrogens with zero attached hydrogens (tertiary/aromatic N) is 2. The molecular weight excluding hydrogens is 236 g/mol. The lowest BCUT2D eigenvalue weighted by Gasteiger charge is -2.24. The maximum Gasteiger partial charge on any atom is 0.0594 e. The lowest BCUT2D eigenvalue weighted by Crippen LogP contribution is -2.35. The van der Waals surface area contributed by atoms with Gasteiger partial charge in [-0.15, -0.1) is 0 Å². The molecule has 1 aliphatic rings. The zero-order valence-corrected chi connectivity index (χ0v) is 11.4. The molecule has 0 radical (unpaired) electrons. The van der Waals surface area contributed by atoms with Crippen LogP contribution in [0.5, 0.6) is 0 Å². The summed E-state index contributed by atoms with van der Waals surface area (Å²) >= 11 is 0. The average Bonchev–Trinajstić information content (AvgIpc) is 2.41. The van der Waals surface area contributed by atoms with Gasteiger partial charge in [0.25, 0.3) is 0 Å². The molecule has 0 amide bonds. The van der Waals surface area contributed by atoms with E-state index in [4.69, 9.17) is 20.1 Å². The number of rotatable bonds is 7. The van der Waals surface area contributed by atoms with E-state index in [1.807, 2.05) is 0 Å². The summed E-state index contributed by atoms with van der Waals surface area (Å²) in [5.41, 5.74) is 0. The van der Waals surface area contributed by atoms with Crippen molar-refractivity contribution >= 4 is 0 Å². The number of aliphatic hydroxyl groups is 3. The first kappa shape index (κ1) is 17.8. The first-order chi connectivity index (χ1) is 8.78. The lowest BCUT2D eigenvalue weighted by atomic mass is 10.4. The Labute approximate surface area is 110 Å². The van der Waals surface area contributed by atoms with Gasteiger partial charge < -0.3 is 20.1 Å². The zero-order valence-electron chi connectivity index (χ0n) is 11.4. The summed E-state index contributed by atoms with van der Waals surface area (Å²) < 4.78 is 5.16. The first-order valence-electron chi connectivity index (χ1n) is 6.63. The number of ether oxygens (including phenoxy) is 1. The van der Waals surface area contributed by atoms with Crippen LogP contribution >= 0.6 is 0 Å². The SMILES string of the molecule is CCN1CCOCC1.OCCN(CCO)CCO. The minimum atomic E-state index is 0.0694. The van der Waals surface area contributed by atoms with Crippen molar-refractivity contribution in [2.45, 2.75) is 6.92 Å². The van der Waals surface area contributed by atoms with Gasteiger partial charge in [-0.25, -0.2) is 0 Å². The van der Waals surface area contributed by atoms with Gasteiger partial charge >= 0.3 is 0 Å². The second-order valence-electron chi connectivity index (χ2n) is 4.06. The molecule has 1 saturated heterocycles. The summed E-state index contributed by atoms with van der Waals surface area (Å²) in [6.45, 7) is 9.20. The predicted octanol–water partition coefficient (Wildman–Crippen LogP) is -1.40. The Kier molecular flexibility index (Phi) is 13.0. The van der Waals surface area contributed by atoms with E-state index in [2.05, 4.69) is 11.8 Å². The smallest absolute Gasteiger partial charge is 0.0594 e. The van der Waals surface area contributed by atoms with Crippen LogP contribution in [0.15, 0.2) is 0 Å². The molecule has 0 aromatic heterocycles. The molecule has 6 heteroatoms. The molecule has 1 fully saturated rings. The Hall–Kier alpha value is -0.240. The van der Waals surface area contributed by atoms with E-state index in [0.717, 1.165) is 26.3 Å². The van der Waals surface area contributed by atoms with E-state index in [1.54, 1.807) is 4.90 Å². The van der Waals surface area contributed by atoms with Gasteiger partial charge in [0, 0.05) is 32.7 Å². The topological polar surface area (TPSA) is 76.4 Å². The minimum absolute atomic E-state index is 0.0694. The predicted molar refractivity (Wildman–Crippen MR) is 70.6 cm³/mol. The Morgan fingerprint density at radius 1 is 0.944 bits per heavy atom. The second-order valence-corrected chi connectivity index (χ2v) is 4.06. The van der Waals surface area contributed by atoms with E-state index >= 15 is 0 Å². The number of hydrogen-bond donors (Lipinski definition) is 3. The summed E-state index contributed by atoms with van der Waals surface area (Å²) in [4.78, 5) is 4.18. The molecule has 0 aromatic rings. The van der Waals surface area contributed by atoms with Crippen LogP contribution in [0.1, 0.15) is 6.92 Å². The van der Waals surface area contributed by atoms with Gasteiger partial charge in [-0.05, 0) is 6.54 Å². The number of likely N-dealkylation sites (N-methyl/N-ethyl adjacent to an activating group) is 1. The summed E-state index contributed by atoms with van der Waals surface area (Å²) in [5, 5.41) is 25.5. The molecule has 0 aliphatic carbocycles. The molecule has 1 aliphatic heterocycles. The molecule has 0 saturated carbocycles. The fraction of sp³-hybridized carbons (Fsp3) is 1.00. The molecule has 0 bridgehead atoms. The summed E-state index contributed by atoms with van der Waals surface area (Å²) in [5.74, 6) is 0. The van der Waals surface area contributed by atoms with Crippen molar-refractivity contribution in [3.05, 3.63) is 0 Å². The van der Waals surface area contributed by atoms with E-state index in [1.165, 1.54) is 6.54 Å². The van der Waals surface area contributed by atoms with Crippen molar-refractivity contribution in [1.82, 2.24) is 9.80 Å². The molecule has 0 spiro atoms. The zero-order chi connectivity index (χ0) is 13.6. The lowest BCUT2D eigenvalue weighted by molar-refractivity contribution is 0.0405. The normalized spacial score (nSPS) is 16.5. The quantitative estimate of drug-likeness (QED) is 0.525. The highest BCUT2D eigenvalue weighted by Crippen LogP contribution is 1.93. The third-order valence-corrected chi connectivity index (χ3v) is 2.80. The van der Waals surface area contributed by atoms with Gasteiger partial charge in [-0.1, -0.05) is 6.92 Å². The van der Waals surface area contributed by atoms with Gasteiger partial charge in [0.2, 0.25) is 0 Å². The molecule has 0 aromatic carbocycles. The van der Waals surface area contributed by atoms with Crippen molar-refractivity contribution < 1.29 is 20.1 Å². The molecule has 18 heavy (non-hydrogen) atoms. The number of aliphatic hydroxyl groups excluding tert-OH is 3. The van der Waals surface area contributed by atoms with Gasteiger partial charge in [-0.2, -0.15) is 0 Å². The highest BCUT2D eigenvalue weighted by molar-refractivity contribution is 4.57. The maximum absolute atomic E-state index is 8.48. The van der Waals surface area contributed by atoms with E-state index < -0.39 is 0 Å². The van der Waals surface area contributed by atoms with Gasteiger partial charge in [0.1, 0.15) is 0 Å². The molecule has 6 nitrogen and oxygen atoms in total. The average molecular weight is 264 g/mol. The van der Waals surface area contributed by atoms with Crippen LogP contribution in [0.2, 0.25) is 0 Å². The van der Waals surface area contributed by atoms with Gasteiger partial charge in [0.15, 0.2) is 0 Å². The third kappa shape index (κ3) is 9.76. The fourth-order valence-electron chi connectivity index (χ4n) is 1.68.